The second-order valence-corrected chi connectivity index (χ2v) is 3.54. The van der Waals surface area contributed by atoms with Crippen LogP contribution in [0, 0.1) is 0 Å². The normalized spacial score (nSPS) is 13.9. The molecule has 2 heterocycles. The molecule has 0 saturated carbocycles. The van der Waals surface area contributed by atoms with Crippen molar-refractivity contribution in [3.63, 3.8) is 0 Å². The molecule has 0 fully saturated rings. The SMILES string of the molecule is O=C/C(=C\NNC1=C=CNC(=O)N1)c1ccnc(=O)[nH]1. The summed E-state index contributed by atoms with van der Waals surface area (Å²) in [6.45, 7) is 0. The van der Waals surface area contributed by atoms with E-state index in [2.05, 4.69) is 37.2 Å². The molecule has 9 nitrogen and oxygen atoms in total. The van der Waals surface area contributed by atoms with Gasteiger partial charge in [-0.3, -0.25) is 15.5 Å². The van der Waals surface area contributed by atoms with E-state index in [1.807, 2.05) is 0 Å². The smallest absolute Gasteiger partial charge is 0.307 e. The summed E-state index contributed by atoms with van der Waals surface area (Å²) in [5.74, 6) is 0.276. The Kier molecular flexibility index (Phi) is 3.95. The van der Waals surface area contributed by atoms with Crippen molar-refractivity contribution in [1.82, 2.24) is 31.5 Å². The van der Waals surface area contributed by atoms with Gasteiger partial charge in [0.2, 0.25) is 0 Å². The molecule has 102 valence electrons. The Morgan fingerprint density at radius 3 is 2.95 bits per heavy atom. The van der Waals surface area contributed by atoms with Gasteiger partial charge in [0, 0.05) is 12.4 Å². The Hall–Kier alpha value is -3.32. The van der Waals surface area contributed by atoms with Crippen molar-refractivity contribution >= 4 is 17.9 Å². The van der Waals surface area contributed by atoms with E-state index in [4.69, 9.17) is 0 Å². The van der Waals surface area contributed by atoms with Crippen molar-refractivity contribution in [3.8, 4) is 0 Å². The van der Waals surface area contributed by atoms with Crippen molar-refractivity contribution in [3.05, 3.63) is 52.4 Å². The molecular formula is C11H10N6O3. The predicted octanol–water partition coefficient (Wildman–Crippen LogP) is -1.33. The van der Waals surface area contributed by atoms with Crippen molar-refractivity contribution < 1.29 is 9.59 Å². The fourth-order valence-corrected chi connectivity index (χ4v) is 1.33. The molecular weight excluding hydrogens is 264 g/mol. The molecule has 5 N–H and O–H groups in total. The highest BCUT2D eigenvalue weighted by Crippen LogP contribution is 2.03. The molecule has 0 spiro atoms. The summed E-state index contributed by atoms with van der Waals surface area (Å²) in [5, 5.41) is 4.78. The lowest BCUT2D eigenvalue weighted by Crippen LogP contribution is -2.42. The summed E-state index contributed by atoms with van der Waals surface area (Å²) in [7, 11) is 0. The maximum absolute atomic E-state index is 11.0. The molecule has 0 bridgehead atoms. The number of hydrazine groups is 1. The van der Waals surface area contributed by atoms with Gasteiger partial charge in [-0.05, 0) is 6.07 Å². The van der Waals surface area contributed by atoms with Crippen LogP contribution in [0.3, 0.4) is 0 Å². The molecule has 2 rings (SSSR count). The Bertz CT molecular complexity index is 683. The Morgan fingerprint density at radius 1 is 1.40 bits per heavy atom. The second kappa shape index (κ2) is 6.03. The number of aldehydes is 1. The molecule has 0 radical (unpaired) electrons. The monoisotopic (exact) mass is 274 g/mol. The summed E-state index contributed by atoms with van der Waals surface area (Å²) >= 11 is 0. The molecule has 0 unspecified atom stereocenters. The van der Waals surface area contributed by atoms with E-state index in [9.17, 15) is 14.4 Å². The first-order chi connectivity index (χ1) is 9.69. The Morgan fingerprint density at radius 2 is 2.25 bits per heavy atom. The third-order valence-electron chi connectivity index (χ3n) is 2.20. The third-order valence-corrected chi connectivity index (χ3v) is 2.20. The second-order valence-electron chi connectivity index (χ2n) is 3.54. The number of nitrogens with zero attached hydrogens (tertiary/aromatic N) is 1. The molecule has 20 heavy (non-hydrogen) atoms. The number of H-pyrrole nitrogens is 1. The van der Waals surface area contributed by atoms with Gasteiger partial charge in [-0.2, -0.15) is 0 Å². The standard InChI is InChI=1S/C11H10N6O3/c18-6-7(8-1-3-12-10(19)15-8)5-14-17-9-2-4-13-11(20)16-9/h1,3-6,14,17H,(H,12,15,19)(H2,13,16,20)/b7-5+. The molecule has 9 heteroatoms. The van der Waals surface area contributed by atoms with E-state index >= 15 is 0 Å². The average Bonchev–Trinajstić information content (AvgIpc) is 2.44. The molecule has 1 aromatic rings. The lowest BCUT2D eigenvalue weighted by molar-refractivity contribution is -0.103. The van der Waals surface area contributed by atoms with Gasteiger partial charge in [0.1, 0.15) is 0 Å². The van der Waals surface area contributed by atoms with Gasteiger partial charge >= 0.3 is 11.7 Å². The highest BCUT2D eigenvalue weighted by atomic mass is 16.2. The van der Waals surface area contributed by atoms with E-state index in [-0.39, 0.29) is 11.4 Å². The van der Waals surface area contributed by atoms with Crippen molar-refractivity contribution in [2.75, 3.05) is 0 Å². The van der Waals surface area contributed by atoms with Crippen LogP contribution in [0.1, 0.15) is 5.69 Å². The lowest BCUT2D eigenvalue weighted by Gasteiger charge is -2.12. The molecule has 0 aliphatic carbocycles. The predicted molar refractivity (Wildman–Crippen MR) is 68.4 cm³/mol. The first-order valence-electron chi connectivity index (χ1n) is 5.44. The number of nitrogens with one attached hydrogen (secondary N) is 5. The van der Waals surface area contributed by atoms with Gasteiger partial charge in [-0.25, -0.2) is 14.6 Å². The summed E-state index contributed by atoms with van der Waals surface area (Å²) in [6, 6.07) is 1.07. The van der Waals surface area contributed by atoms with Crippen molar-refractivity contribution in [2.24, 2.45) is 0 Å². The zero-order valence-corrected chi connectivity index (χ0v) is 10.1. The number of hydrogen-bond donors (Lipinski definition) is 5. The molecule has 1 aromatic heterocycles. The Balaban J connectivity index is 2.05. The van der Waals surface area contributed by atoms with E-state index in [0.717, 1.165) is 0 Å². The number of aromatic nitrogens is 2. The van der Waals surface area contributed by atoms with E-state index in [1.165, 1.54) is 24.7 Å². The first kappa shape index (κ1) is 13.1. The van der Waals surface area contributed by atoms with Gasteiger partial charge in [0.25, 0.3) is 0 Å². The van der Waals surface area contributed by atoms with E-state index < -0.39 is 11.7 Å². The topological polar surface area (TPSA) is 128 Å². The summed E-state index contributed by atoms with van der Waals surface area (Å²) in [4.78, 5) is 38.9. The number of aromatic amines is 1. The Labute approximate surface area is 112 Å². The quantitative estimate of drug-likeness (QED) is 0.196. The van der Waals surface area contributed by atoms with Gasteiger partial charge in [-0.1, -0.05) is 5.73 Å². The van der Waals surface area contributed by atoms with E-state index in [0.29, 0.717) is 12.0 Å². The lowest BCUT2D eigenvalue weighted by atomic mass is 10.2. The first-order valence-corrected chi connectivity index (χ1v) is 5.44. The zero-order chi connectivity index (χ0) is 14.4. The van der Waals surface area contributed by atoms with Gasteiger partial charge in [0.05, 0.1) is 17.5 Å². The summed E-state index contributed by atoms with van der Waals surface area (Å²) in [6.07, 6.45) is 4.50. The van der Waals surface area contributed by atoms with Crippen LogP contribution in [0.25, 0.3) is 5.57 Å². The largest absolute Gasteiger partial charge is 0.345 e. The minimum Gasteiger partial charge on any atom is -0.307 e. The third kappa shape index (κ3) is 3.34. The number of carbonyl (C=O) groups is 2. The molecule has 0 atom stereocenters. The van der Waals surface area contributed by atoms with Crippen LogP contribution in [-0.4, -0.2) is 22.3 Å². The molecule has 2 amide bonds. The summed E-state index contributed by atoms with van der Waals surface area (Å²) < 4.78 is 0. The zero-order valence-electron chi connectivity index (χ0n) is 10.1. The maximum Gasteiger partial charge on any atom is 0.345 e. The number of amides is 2. The minimum absolute atomic E-state index is 0.196. The highest BCUT2D eigenvalue weighted by Gasteiger charge is 2.05. The van der Waals surface area contributed by atoms with Crippen LogP contribution in [0.2, 0.25) is 0 Å². The van der Waals surface area contributed by atoms with Crippen LogP contribution in [0.5, 0.6) is 0 Å². The fraction of sp³-hybridized carbons (Fsp3) is 0. The van der Waals surface area contributed by atoms with Crippen LogP contribution >= 0.6 is 0 Å². The summed E-state index contributed by atoms with van der Waals surface area (Å²) in [5.41, 5.74) is 7.84. The highest BCUT2D eigenvalue weighted by molar-refractivity contribution is 6.05. The maximum atomic E-state index is 11.0. The van der Waals surface area contributed by atoms with Gasteiger partial charge in [0.15, 0.2) is 12.1 Å². The van der Waals surface area contributed by atoms with Crippen LogP contribution in [0.15, 0.2) is 41.0 Å². The molecule has 0 saturated heterocycles. The van der Waals surface area contributed by atoms with Crippen molar-refractivity contribution in [1.29, 1.82) is 0 Å². The molecule has 1 aliphatic heterocycles. The van der Waals surface area contributed by atoms with Crippen LogP contribution in [-0.2, 0) is 4.79 Å². The number of hydrogen-bond acceptors (Lipinski definition) is 6. The number of rotatable bonds is 5. The number of carbonyl (C=O) groups excluding carboxylic acids is 2. The minimum atomic E-state index is -0.556. The number of allylic oxidation sites excluding steroid dienone is 1. The van der Waals surface area contributed by atoms with E-state index in [1.54, 1.807) is 0 Å². The average molecular weight is 274 g/mol. The van der Waals surface area contributed by atoms with Gasteiger partial charge < -0.3 is 15.7 Å². The molecule has 1 aliphatic rings. The van der Waals surface area contributed by atoms with Crippen LogP contribution in [0.4, 0.5) is 4.79 Å². The fourth-order valence-electron chi connectivity index (χ4n) is 1.33. The van der Waals surface area contributed by atoms with Gasteiger partial charge in [-0.15, -0.1) is 0 Å². The number of urea groups is 1. The molecule has 0 aromatic carbocycles. The van der Waals surface area contributed by atoms with Crippen LogP contribution < -0.4 is 27.2 Å². The van der Waals surface area contributed by atoms with Crippen molar-refractivity contribution in [2.45, 2.75) is 0 Å².